The summed E-state index contributed by atoms with van der Waals surface area (Å²) in [4.78, 5) is 12.4. The molecule has 1 aromatic heterocycles. The first-order valence-corrected chi connectivity index (χ1v) is 9.26. The maximum absolute atomic E-state index is 12.4. The van der Waals surface area contributed by atoms with Gasteiger partial charge >= 0.3 is 0 Å². The van der Waals surface area contributed by atoms with Crippen LogP contribution in [-0.2, 0) is 15.4 Å². The van der Waals surface area contributed by atoms with E-state index in [9.17, 15) is 13.2 Å². The predicted octanol–water partition coefficient (Wildman–Crippen LogP) is 3.01. The van der Waals surface area contributed by atoms with Gasteiger partial charge in [-0.2, -0.15) is 0 Å². The Labute approximate surface area is 145 Å². The zero-order valence-electron chi connectivity index (χ0n) is 13.7. The van der Waals surface area contributed by atoms with Gasteiger partial charge in [-0.15, -0.1) is 0 Å². The van der Waals surface area contributed by atoms with Crippen molar-refractivity contribution in [1.29, 1.82) is 0 Å². The summed E-state index contributed by atoms with van der Waals surface area (Å²) in [5, 5.41) is 3.07. The Hall–Kier alpha value is -1.99. The van der Waals surface area contributed by atoms with E-state index in [0.29, 0.717) is 16.3 Å². The van der Waals surface area contributed by atoms with Gasteiger partial charge in [0, 0.05) is 22.9 Å². The third-order valence-electron chi connectivity index (χ3n) is 3.46. The fraction of sp³-hybridized carbons (Fsp3) is 0.312. The van der Waals surface area contributed by atoms with Crippen molar-refractivity contribution in [2.24, 2.45) is 0 Å². The molecule has 0 saturated carbocycles. The van der Waals surface area contributed by atoms with Crippen molar-refractivity contribution >= 4 is 27.3 Å². The first-order chi connectivity index (χ1) is 11.0. The largest absolute Gasteiger partial charge is 0.496 e. The van der Waals surface area contributed by atoms with E-state index >= 15 is 0 Å². The maximum Gasteiger partial charge on any atom is 0.255 e. The molecule has 0 aliphatic rings. The van der Waals surface area contributed by atoms with Crippen LogP contribution in [0.5, 0.6) is 5.75 Å². The van der Waals surface area contributed by atoms with Crippen LogP contribution in [0.25, 0.3) is 0 Å². The molecule has 0 unspecified atom stereocenters. The lowest BCUT2D eigenvalue weighted by Crippen LogP contribution is -2.41. The number of carbonyl (C=O) groups excluding carboxylic acids is 1. The number of furan rings is 1. The molecule has 6 nitrogen and oxygen atoms in total. The van der Waals surface area contributed by atoms with Gasteiger partial charge in [0.15, 0.2) is 0 Å². The van der Waals surface area contributed by atoms with E-state index in [0.717, 1.165) is 12.5 Å². The number of carbonyl (C=O) groups is 1. The average Bonchev–Trinajstić information content (AvgIpc) is 2.96. The highest BCUT2D eigenvalue weighted by molar-refractivity contribution is 7.90. The second-order valence-corrected chi connectivity index (χ2v) is 8.23. The number of nitrogens with one attached hydrogen (secondary N) is 1. The lowest BCUT2D eigenvalue weighted by Gasteiger charge is -2.28. The number of ether oxygens (including phenoxy) is 1. The molecule has 0 saturated heterocycles. The van der Waals surface area contributed by atoms with E-state index < -0.39 is 21.3 Å². The molecule has 1 heterocycles. The van der Waals surface area contributed by atoms with Crippen molar-refractivity contribution in [3.63, 3.8) is 0 Å². The van der Waals surface area contributed by atoms with Crippen LogP contribution < -0.4 is 10.1 Å². The van der Waals surface area contributed by atoms with Gasteiger partial charge in [0.1, 0.15) is 12.0 Å². The number of sulfone groups is 1. The van der Waals surface area contributed by atoms with E-state index in [1.807, 2.05) is 0 Å². The van der Waals surface area contributed by atoms with Crippen LogP contribution in [0.2, 0.25) is 5.02 Å². The number of methoxy groups -OCH3 is 1. The molecule has 0 bridgehead atoms. The van der Waals surface area contributed by atoms with Crippen molar-refractivity contribution in [2.75, 3.05) is 13.4 Å². The Balaban J connectivity index is 2.30. The Morgan fingerprint density at radius 3 is 2.50 bits per heavy atom. The molecule has 0 radical (unpaired) electrons. The van der Waals surface area contributed by atoms with E-state index in [1.165, 1.54) is 13.2 Å². The van der Waals surface area contributed by atoms with Crippen LogP contribution >= 0.6 is 11.6 Å². The van der Waals surface area contributed by atoms with Crippen LogP contribution in [0.15, 0.2) is 40.0 Å². The highest BCUT2D eigenvalue weighted by atomic mass is 35.5. The monoisotopic (exact) mass is 371 g/mol. The van der Waals surface area contributed by atoms with Gasteiger partial charge in [-0.05, 0) is 32.0 Å². The summed E-state index contributed by atoms with van der Waals surface area (Å²) in [6.45, 7) is 3.58. The molecule has 8 heteroatoms. The molecule has 2 rings (SSSR count). The molecule has 0 atom stereocenters. The first kappa shape index (κ1) is 18.4. The fourth-order valence-electron chi connectivity index (χ4n) is 2.22. The minimum absolute atomic E-state index is 0.115. The highest BCUT2D eigenvalue weighted by Gasteiger charge is 2.28. The van der Waals surface area contributed by atoms with Gasteiger partial charge < -0.3 is 14.5 Å². The SMILES string of the molecule is COc1ccc(Cl)cc1C(C)(C)NC(=O)c1coc(S(C)(=O)=O)c1. The lowest BCUT2D eigenvalue weighted by molar-refractivity contribution is 0.0910. The summed E-state index contributed by atoms with van der Waals surface area (Å²) in [7, 11) is -1.98. The third-order valence-corrected chi connectivity index (χ3v) is 4.64. The van der Waals surface area contributed by atoms with Gasteiger partial charge in [-0.3, -0.25) is 4.79 Å². The molecule has 1 aromatic carbocycles. The Kier molecular flexibility index (Phi) is 4.96. The molecule has 1 amide bonds. The lowest BCUT2D eigenvalue weighted by atomic mass is 9.93. The molecule has 0 fully saturated rings. The zero-order chi connectivity index (χ0) is 18.1. The molecule has 2 aromatic rings. The normalized spacial score (nSPS) is 12.0. The maximum atomic E-state index is 12.4. The summed E-state index contributed by atoms with van der Waals surface area (Å²) in [6.07, 6.45) is 2.12. The minimum atomic E-state index is -3.51. The van der Waals surface area contributed by atoms with E-state index in [-0.39, 0.29) is 10.7 Å². The number of hydrogen-bond acceptors (Lipinski definition) is 5. The molecule has 0 aliphatic carbocycles. The van der Waals surface area contributed by atoms with Crippen LogP contribution in [-0.4, -0.2) is 27.7 Å². The fourth-order valence-corrected chi connectivity index (χ4v) is 2.96. The molecule has 24 heavy (non-hydrogen) atoms. The number of rotatable bonds is 5. The predicted molar refractivity (Wildman–Crippen MR) is 90.3 cm³/mol. The van der Waals surface area contributed by atoms with Crippen LogP contribution in [0, 0.1) is 0 Å². The topological polar surface area (TPSA) is 85.6 Å². The van der Waals surface area contributed by atoms with E-state index in [1.54, 1.807) is 32.0 Å². The third kappa shape index (κ3) is 3.91. The minimum Gasteiger partial charge on any atom is -0.496 e. The van der Waals surface area contributed by atoms with Crippen LogP contribution in [0.4, 0.5) is 0 Å². The summed E-state index contributed by atoms with van der Waals surface area (Å²) in [5.41, 5.74) is -0.00210. The summed E-state index contributed by atoms with van der Waals surface area (Å²) < 4.78 is 33.1. The second-order valence-electron chi connectivity index (χ2n) is 5.85. The smallest absolute Gasteiger partial charge is 0.255 e. The molecule has 1 N–H and O–H groups in total. The average molecular weight is 372 g/mol. The van der Waals surface area contributed by atoms with Gasteiger partial charge in [0.25, 0.3) is 5.91 Å². The summed E-state index contributed by atoms with van der Waals surface area (Å²) in [5.74, 6) is 0.106. The Morgan fingerprint density at radius 1 is 1.29 bits per heavy atom. The van der Waals surface area contributed by atoms with Gasteiger partial charge in [0.2, 0.25) is 14.9 Å². The Morgan fingerprint density at radius 2 is 1.96 bits per heavy atom. The van der Waals surface area contributed by atoms with Crippen molar-refractivity contribution in [2.45, 2.75) is 24.5 Å². The van der Waals surface area contributed by atoms with E-state index in [4.69, 9.17) is 20.8 Å². The summed E-state index contributed by atoms with van der Waals surface area (Å²) >= 11 is 6.04. The molecular formula is C16H18ClNO5S. The number of amides is 1. The number of benzene rings is 1. The van der Waals surface area contributed by atoms with Crippen LogP contribution in [0.3, 0.4) is 0 Å². The van der Waals surface area contributed by atoms with Gasteiger partial charge in [-0.1, -0.05) is 11.6 Å². The highest BCUT2D eigenvalue weighted by Crippen LogP contribution is 2.32. The first-order valence-electron chi connectivity index (χ1n) is 7.00. The van der Waals surface area contributed by atoms with Crippen molar-refractivity contribution < 1.29 is 22.4 Å². The van der Waals surface area contributed by atoms with Crippen LogP contribution in [0.1, 0.15) is 29.8 Å². The molecule has 0 aliphatic heterocycles. The molecular weight excluding hydrogens is 354 g/mol. The molecule has 0 spiro atoms. The quantitative estimate of drug-likeness (QED) is 0.873. The zero-order valence-corrected chi connectivity index (χ0v) is 15.3. The van der Waals surface area contributed by atoms with Crippen molar-refractivity contribution in [3.8, 4) is 5.75 Å². The van der Waals surface area contributed by atoms with Crippen molar-refractivity contribution in [1.82, 2.24) is 5.32 Å². The number of halogens is 1. The second kappa shape index (κ2) is 6.49. The Bertz CT molecular complexity index is 870. The van der Waals surface area contributed by atoms with Gasteiger partial charge in [0.05, 0.1) is 18.2 Å². The van der Waals surface area contributed by atoms with Crippen molar-refractivity contribution in [3.05, 3.63) is 46.7 Å². The molecule has 130 valence electrons. The van der Waals surface area contributed by atoms with E-state index in [2.05, 4.69) is 5.32 Å². The number of hydrogen-bond donors (Lipinski definition) is 1. The van der Waals surface area contributed by atoms with Gasteiger partial charge in [-0.25, -0.2) is 8.42 Å². The standard InChI is InChI=1S/C16H18ClNO5S/c1-16(2,12-8-11(17)5-6-13(12)22-3)18-15(19)10-7-14(23-9-10)24(4,20)21/h5-9H,1-4H3,(H,18,19). The summed E-state index contributed by atoms with van der Waals surface area (Å²) in [6, 6.07) is 6.30.